The summed E-state index contributed by atoms with van der Waals surface area (Å²) in [7, 11) is 4.55. The third-order valence-electron chi connectivity index (χ3n) is 2.42. The number of carbonyl (C=O) groups excluding carboxylic acids is 3. The van der Waals surface area contributed by atoms with Crippen LogP contribution in [0.1, 0.15) is 20.7 Å². The maximum Gasteiger partial charge on any atom is 0.325 e. The fourth-order valence-corrected chi connectivity index (χ4v) is 1.35. The zero-order valence-corrected chi connectivity index (χ0v) is 11.1. The number of esters is 1. The Morgan fingerprint density at radius 1 is 1.11 bits per heavy atom. The lowest BCUT2D eigenvalue weighted by atomic mass is 10.1. The minimum Gasteiger partial charge on any atom is -0.468 e. The summed E-state index contributed by atoms with van der Waals surface area (Å²) in [5.74, 6) is -1.05. The highest BCUT2D eigenvalue weighted by atomic mass is 16.5. The molecule has 0 aliphatic heterocycles. The van der Waals surface area contributed by atoms with Crippen LogP contribution in [0.3, 0.4) is 0 Å². The second-order valence-corrected chi connectivity index (χ2v) is 4.04. The first kappa shape index (κ1) is 14.7. The maximum absolute atomic E-state index is 11.7. The van der Waals surface area contributed by atoms with Gasteiger partial charge in [0, 0.05) is 25.2 Å². The van der Waals surface area contributed by atoms with Crippen molar-refractivity contribution in [2.24, 2.45) is 0 Å². The molecule has 0 radical (unpaired) electrons. The molecule has 0 fully saturated rings. The van der Waals surface area contributed by atoms with Crippen molar-refractivity contribution in [1.29, 1.82) is 0 Å². The summed E-state index contributed by atoms with van der Waals surface area (Å²) >= 11 is 0. The Hall–Kier alpha value is -2.37. The van der Waals surface area contributed by atoms with E-state index in [2.05, 4.69) is 10.1 Å². The molecule has 1 aromatic rings. The minimum absolute atomic E-state index is 0.137. The topological polar surface area (TPSA) is 75.7 Å². The third-order valence-corrected chi connectivity index (χ3v) is 2.42. The zero-order chi connectivity index (χ0) is 14.4. The van der Waals surface area contributed by atoms with Crippen LogP contribution in [-0.2, 0) is 9.53 Å². The van der Waals surface area contributed by atoms with E-state index in [-0.39, 0.29) is 12.5 Å². The van der Waals surface area contributed by atoms with E-state index < -0.39 is 11.9 Å². The fourth-order valence-electron chi connectivity index (χ4n) is 1.35. The largest absolute Gasteiger partial charge is 0.468 e. The predicted octanol–water partition coefficient (Wildman–Crippen LogP) is 0.291. The molecule has 0 spiro atoms. The van der Waals surface area contributed by atoms with Gasteiger partial charge in [0.05, 0.1) is 7.11 Å². The van der Waals surface area contributed by atoms with Gasteiger partial charge in [-0.3, -0.25) is 14.4 Å². The summed E-state index contributed by atoms with van der Waals surface area (Å²) in [4.78, 5) is 35.6. The number of methoxy groups -OCH3 is 1. The molecular formula is C13H16N2O4. The Morgan fingerprint density at radius 3 is 2.11 bits per heavy atom. The van der Waals surface area contributed by atoms with E-state index in [1.807, 2.05) is 0 Å². The highest BCUT2D eigenvalue weighted by molar-refractivity contribution is 5.98. The number of hydrogen-bond acceptors (Lipinski definition) is 4. The second kappa shape index (κ2) is 6.53. The minimum atomic E-state index is -0.521. The molecule has 0 saturated carbocycles. The van der Waals surface area contributed by atoms with Crippen LogP contribution < -0.4 is 5.32 Å². The molecule has 6 heteroatoms. The van der Waals surface area contributed by atoms with E-state index in [9.17, 15) is 14.4 Å². The van der Waals surface area contributed by atoms with Crippen molar-refractivity contribution in [3.63, 3.8) is 0 Å². The Morgan fingerprint density at radius 2 is 1.63 bits per heavy atom. The van der Waals surface area contributed by atoms with E-state index in [1.54, 1.807) is 26.2 Å². The molecule has 0 aliphatic rings. The van der Waals surface area contributed by atoms with E-state index in [0.717, 1.165) is 0 Å². The molecule has 1 aromatic carbocycles. The molecule has 0 aromatic heterocycles. The van der Waals surface area contributed by atoms with Gasteiger partial charge in [0.1, 0.15) is 6.54 Å². The van der Waals surface area contributed by atoms with Crippen molar-refractivity contribution in [2.75, 3.05) is 27.7 Å². The van der Waals surface area contributed by atoms with E-state index in [1.165, 1.54) is 24.1 Å². The molecule has 0 aliphatic carbocycles. The van der Waals surface area contributed by atoms with Gasteiger partial charge in [-0.1, -0.05) is 0 Å². The summed E-state index contributed by atoms with van der Waals surface area (Å²) in [6.45, 7) is -0.187. The first-order valence-corrected chi connectivity index (χ1v) is 5.62. The highest BCUT2D eigenvalue weighted by Gasteiger charge is 2.11. The standard InChI is InChI=1S/C13H16N2O4/c1-15(2)13(18)10-6-4-9(5-7-10)12(17)14-8-11(16)19-3/h4-7H,8H2,1-3H3,(H,14,17). The van der Waals surface area contributed by atoms with Crippen LogP contribution in [0.15, 0.2) is 24.3 Å². The van der Waals surface area contributed by atoms with Gasteiger partial charge in [-0.25, -0.2) is 0 Å². The van der Waals surface area contributed by atoms with Gasteiger partial charge in [-0.2, -0.15) is 0 Å². The van der Waals surface area contributed by atoms with Crippen LogP contribution in [0.4, 0.5) is 0 Å². The quantitative estimate of drug-likeness (QED) is 0.793. The fraction of sp³-hybridized carbons (Fsp3) is 0.308. The number of carbonyl (C=O) groups is 3. The Labute approximate surface area is 111 Å². The SMILES string of the molecule is COC(=O)CNC(=O)c1ccc(C(=O)N(C)C)cc1. The van der Waals surface area contributed by atoms with Gasteiger partial charge in [0.2, 0.25) is 0 Å². The van der Waals surface area contributed by atoms with E-state index in [0.29, 0.717) is 11.1 Å². The third kappa shape index (κ3) is 4.09. The monoisotopic (exact) mass is 264 g/mol. The summed E-state index contributed by atoms with van der Waals surface area (Å²) in [5, 5.41) is 2.41. The van der Waals surface area contributed by atoms with Crippen LogP contribution in [0, 0.1) is 0 Å². The first-order chi connectivity index (χ1) is 8.95. The van der Waals surface area contributed by atoms with Crippen molar-refractivity contribution in [1.82, 2.24) is 10.2 Å². The molecule has 0 saturated heterocycles. The lowest BCUT2D eigenvalue weighted by Crippen LogP contribution is -2.30. The van der Waals surface area contributed by atoms with Gasteiger partial charge in [-0.05, 0) is 24.3 Å². The zero-order valence-electron chi connectivity index (χ0n) is 11.1. The van der Waals surface area contributed by atoms with Crippen LogP contribution in [0.25, 0.3) is 0 Å². The van der Waals surface area contributed by atoms with Crippen LogP contribution >= 0.6 is 0 Å². The average molecular weight is 264 g/mol. The average Bonchev–Trinajstić information content (AvgIpc) is 2.43. The van der Waals surface area contributed by atoms with Crippen molar-refractivity contribution in [3.8, 4) is 0 Å². The number of amides is 2. The van der Waals surface area contributed by atoms with Gasteiger partial charge >= 0.3 is 5.97 Å². The Balaban J connectivity index is 2.68. The van der Waals surface area contributed by atoms with Crippen LogP contribution in [0.2, 0.25) is 0 Å². The normalized spacial score (nSPS) is 9.63. The highest BCUT2D eigenvalue weighted by Crippen LogP contribution is 2.06. The second-order valence-electron chi connectivity index (χ2n) is 4.04. The summed E-state index contributed by atoms with van der Waals surface area (Å²) < 4.78 is 4.41. The van der Waals surface area contributed by atoms with E-state index >= 15 is 0 Å². The Kier molecular flexibility index (Phi) is 5.05. The number of rotatable bonds is 4. The number of benzene rings is 1. The number of ether oxygens (including phenoxy) is 1. The number of nitrogens with zero attached hydrogens (tertiary/aromatic N) is 1. The maximum atomic E-state index is 11.7. The molecule has 0 bridgehead atoms. The van der Waals surface area contributed by atoms with Crippen molar-refractivity contribution in [3.05, 3.63) is 35.4 Å². The molecule has 1 N–H and O–H groups in total. The molecular weight excluding hydrogens is 248 g/mol. The van der Waals surface area contributed by atoms with E-state index in [4.69, 9.17) is 0 Å². The predicted molar refractivity (Wildman–Crippen MR) is 68.8 cm³/mol. The smallest absolute Gasteiger partial charge is 0.325 e. The molecule has 19 heavy (non-hydrogen) atoms. The number of hydrogen-bond donors (Lipinski definition) is 1. The van der Waals surface area contributed by atoms with Crippen molar-refractivity contribution < 1.29 is 19.1 Å². The molecule has 0 atom stereocenters. The molecule has 6 nitrogen and oxygen atoms in total. The Bertz CT molecular complexity index is 480. The summed E-state index contributed by atoms with van der Waals surface area (Å²) in [6.07, 6.45) is 0. The molecule has 0 heterocycles. The first-order valence-electron chi connectivity index (χ1n) is 5.62. The van der Waals surface area contributed by atoms with Gasteiger partial charge in [0.25, 0.3) is 11.8 Å². The molecule has 1 rings (SSSR count). The lowest BCUT2D eigenvalue weighted by molar-refractivity contribution is -0.139. The van der Waals surface area contributed by atoms with Crippen LogP contribution in [0.5, 0.6) is 0 Å². The molecule has 102 valence electrons. The van der Waals surface area contributed by atoms with Gasteiger partial charge < -0.3 is 15.0 Å². The van der Waals surface area contributed by atoms with Crippen LogP contribution in [-0.4, -0.2) is 50.4 Å². The van der Waals surface area contributed by atoms with Gasteiger partial charge in [0.15, 0.2) is 0 Å². The summed E-state index contributed by atoms with van der Waals surface area (Å²) in [5.41, 5.74) is 0.869. The summed E-state index contributed by atoms with van der Waals surface area (Å²) in [6, 6.07) is 6.19. The molecule has 0 unspecified atom stereocenters. The van der Waals surface area contributed by atoms with Crippen molar-refractivity contribution in [2.45, 2.75) is 0 Å². The molecule has 2 amide bonds. The number of nitrogens with one attached hydrogen (secondary N) is 1. The lowest BCUT2D eigenvalue weighted by Gasteiger charge is -2.10. The van der Waals surface area contributed by atoms with Gasteiger partial charge in [-0.15, -0.1) is 0 Å². The van der Waals surface area contributed by atoms with Crippen molar-refractivity contribution >= 4 is 17.8 Å².